The average Bonchev–Trinajstić information content (AvgIpc) is 3.19. The minimum atomic E-state index is -0.661. The third-order valence-corrected chi connectivity index (χ3v) is 9.56. The lowest BCUT2D eigenvalue weighted by atomic mass is 9.99. The summed E-state index contributed by atoms with van der Waals surface area (Å²) < 4.78 is 45.9. The van der Waals surface area contributed by atoms with Gasteiger partial charge in [-0.3, -0.25) is 14.6 Å². The molecule has 2 aliphatic rings. The van der Waals surface area contributed by atoms with Gasteiger partial charge in [0, 0.05) is 66.9 Å². The van der Waals surface area contributed by atoms with Crippen LogP contribution in [0.15, 0.2) is 84.2 Å². The van der Waals surface area contributed by atoms with Crippen LogP contribution in [0.4, 0.5) is 15.9 Å². The highest BCUT2D eigenvalue weighted by Gasteiger charge is 2.22. The Morgan fingerprint density at radius 2 is 1.78 bits per heavy atom. The number of hydrogen-bond donors (Lipinski definition) is 2. The Morgan fingerprint density at radius 1 is 0.926 bits per heavy atom. The number of pyridine rings is 3. The van der Waals surface area contributed by atoms with Crippen molar-refractivity contribution in [3.8, 4) is 45.0 Å². The van der Waals surface area contributed by atoms with E-state index in [1.807, 2.05) is 23.6 Å². The highest BCUT2D eigenvalue weighted by molar-refractivity contribution is 6.04. The van der Waals surface area contributed by atoms with Crippen LogP contribution in [-0.2, 0) is 20.8 Å². The molecular formula is C41H42FN5O7. The van der Waals surface area contributed by atoms with E-state index in [1.165, 1.54) is 12.1 Å². The smallest absolute Gasteiger partial charge is 0.261 e. The number of nitrogens with zero attached hydrogens (tertiary/aromatic N) is 3. The number of nitrogens with one attached hydrogen (secondary N) is 1. The Bertz CT molecular complexity index is 2180. The van der Waals surface area contributed by atoms with E-state index in [4.69, 9.17) is 29.4 Å². The summed E-state index contributed by atoms with van der Waals surface area (Å²) in [5, 5.41) is 2.72. The van der Waals surface area contributed by atoms with Gasteiger partial charge in [-0.2, -0.15) is 0 Å². The molecule has 0 spiro atoms. The van der Waals surface area contributed by atoms with Gasteiger partial charge in [0.1, 0.15) is 29.9 Å². The molecule has 13 heteroatoms. The molecule has 5 heterocycles. The first-order chi connectivity index (χ1) is 26.2. The molecule has 1 atom stereocenters. The van der Waals surface area contributed by atoms with Crippen molar-refractivity contribution in [3.63, 3.8) is 0 Å². The number of nitrogen functional groups attached to an aromatic ring is 1. The third-order valence-electron chi connectivity index (χ3n) is 9.56. The summed E-state index contributed by atoms with van der Waals surface area (Å²) in [6.07, 6.45) is 8.17. The van der Waals surface area contributed by atoms with Crippen molar-refractivity contribution in [3.05, 3.63) is 107 Å². The molecule has 54 heavy (non-hydrogen) atoms. The number of nitrogens with two attached hydrogens (primary N) is 1. The maximum atomic E-state index is 15.9. The van der Waals surface area contributed by atoms with E-state index in [1.54, 1.807) is 62.2 Å². The van der Waals surface area contributed by atoms with Crippen molar-refractivity contribution >= 4 is 17.4 Å². The number of carbonyl (C=O) groups is 1. The lowest BCUT2D eigenvalue weighted by molar-refractivity contribution is -0.101. The van der Waals surface area contributed by atoms with E-state index >= 15 is 4.39 Å². The second-order valence-corrected chi connectivity index (χ2v) is 13.4. The second-order valence-electron chi connectivity index (χ2n) is 13.4. The monoisotopic (exact) mass is 735 g/mol. The minimum Gasteiger partial charge on any atom is -0.493 e. The van der Waals surface area contributed by atoms with Gasteiger partial charge in [-0.05, 0) is 79.3 Å². The number of amides is 1. The number of ether oxygens (including phenoxy) is 5. The van der Waals surface area contributed by atoms with Crippen LogP contribution in [0.2, 0.25) is 0 Å². The van der Waals surface area contributed by atoms with Gasteiger partial charge >= 0.3 is 0 Å². The van der Waals surface area contributed by atoms with Crippen LogP contribution in [0.25, 0.3) is 33.5 Å². The molecule has 3 aromatic heterocycles. The zero-order valence-corrected chi connectivity index (χ0v) is 30.2. The normalized spacial score (nSPS) is 16.2. The molecular weight excluding hydrogens is 693 g/mol. The molecule has 0 unspecified atom stereocenters. The van der Waals surface area contributed by atoms with E-state index in [9.17, 15) is 9.59 Å². The summed E-state index contributed by atoms with van der Waals surface area (Å²) in [6.45, 7) is 5.72. The zero-order chi connectivity index (χ0) is 37.6. The first-order valence-corrected chi connectivity index (χ1v) is 17.9. The Kier molecular flexibility index (Phi) is 11.3. The minimum absolute atomic E-state index is 0.0734. The Labute approximate surface area is 312 Å². The van der Waals surface area contributed by atoms with Crippen LogP contribution in [0.1, 0.15) is 28.8 Å². The number of rotatable bonds is 11. The van der Waals surface area contributed by atoms with Gasteiger partial charge in [0.2, 0.25) is 5.43 Å². The van der Waals surface area contributed by atoms with Gasteiger partial charge in [-0.1, -0.05) is 12.1 Å². The summed E-state index contributed by atoms with van der Waals surface area (Å²) in [4.78, 5) is 36.2. The zero-order valence-electron chi connectivity index (χ0n) is 30.2. The van der Waals surface area contributed by atoms with Crippen LogP contribution >= 0.6 is 0 Å². The number of methoxy groups -OCH3 is 1. The van der Waals surface area contributed by atoms with Crippen molar-refractivity contribution in [1.82, 2.24) is 14.5 Å². The topological polar surface area (TPSA) is 149 Å². The summed E-state index contributed by atoms with van der Waals surface area (Å²) in [5.74, 6) is 0.206. The van der Waals surface area contributed by atoms with Gasteiger partial charge in [0.25, 0.3) is 5.91 Å². The number of halogens is 1. The standard InChI is InChI=1S/C41H42FN5O7/c1-25-3-7-36(44-18-25)33-21-47(20-26-9-11-51-12-10-26)22-34(39(33)48)41(49)46-29-5-6-31(35(42)17-29)32-15-28(19-45-40(32)43)27-4-8-37(38(16-27)50-2)54-24-30-23-52-13-14-53-30/h3-8,15-19,21-22,26,30H,9-14,20,23-24H2,1-2H3,(H2,43,45)(H,46,49)/t30-/m0/s1. The Morgan fingerprint density at radius 3 is 2.52 bits per heavy atom. The van der Waals surface area contributed by atoms with Gasteiger partial charge in [-0.25, -0.2) is 9.37 Å². The fraction of sp³-hybridized carbons (Fsp3) is 0.317. The van der Waals surface area contributed by atoms with Gasteiger partial charge in [0.05, 0.1) is 38.2 Å². The summed E-state index contributed by atoms with van der Waals surface area (Å²) in [5.41, 5.74) is 9.58. The summed E-state index contributed by atoms with van der Waals surface area (Å²) >= 11 is 0. The van der Waals surface area contributed by atoms with E-state index in [-0.39, 0.29) is 28.7 Å². The van der Waals surface area contributed by atoms with Crippen molar-refractivity contribution in [1.29, 1.82) is 0 Å². The van der Waals surface area contributed by atoms with Crippen LogP contribution < -0.4 is 26.0 Å². The first-order valence-electron chi connectivity index (χ1n) is 17.9. The van der Waals surface area contributed by atoms with Crippen molar-refractivity contribution in [2.75, 3.05) is 57.8 Å². The number of aryl methyl sites for hydroxylation is 1. The Hall–Kier alpha value is -5.63. The molecule has 3 N–H and O–H groups in total. The van der Waals surface area contributed by atoms with Gasteiger partial charge in [0.15, 0.2) is 11.5 Å². The first kappa shape index (κ1) is 36.7. The van der Waals surface area contributed by atoms with Crippen molar-refractivity contribution in [2.45, 2.75) is 32.4 Å². The lowest BCUT2D eigenvalue weighted by Crippen LogP contribution is -2.33. The quantitative estimate of drug-likeness (QED) is 0.162. The molecule has 7 rings (SSSR count). The van der Waals surface area contributed by atoms with E-state index < -0.39 is 17.2 Å². The largest absolute Gasteiger partial charge is 0.493 e. The second kappa shape index (κ2) is 16.6. The molecule has 0 aliphatic carbocycles. The molecule has 280 valence electrons. The van der Waals surface area contributed by atoms with Crippen LogP contribution in [0.5, 0.6) is 11.5 Å². The summed E-state index contributed by atoms with van der Waals surface area (Å²) in [7, 11) is 1.55. The Balaban J connectivity index is 1.12. The third kappa shape index (κ3) is 8.44. The maximum absolute atomic E-state index is 15.9. The van der Waals surface area contributed by atoms with Crippen LogP contribution in [-0.4, -0.2) is 73.3 Å². The molecule has 12 nitrogen and oxygen atoms in total. The highest BCUT2D eigenvalue weighted by atomic mass is 19.1. The highest BCUT2D eigenvalue weighted by Crippen LogP contribution is 2.36. The molecule has 2 aliphatic heterocycles. The number of benzene rings is 2. The maximum Gasteiger partial charge on any atom is 0.261 e. The van der Waals surface area contributed by atoms with E-state index in [2.05, 4.69) is 15.3 Å². The lowest BCUT2D eigenvalue weighted by Gasteiger charge is -2.23. The molecule has 5 aromatic rings. The van der Waals surface area contributed by atoms with Crippen LogP contribution in [0.3, 0.4) is 0 Å². The van der Waals surface area contributed by atoms with Crippen molar-refractivity contribution < 1.29 is 32.9 Å². The van der Waals surface area contributed by atoms with E-state index in [0.717, 1.165) is 24.0 Å². The molecule has 0 saturated carbocycles. The number of aromatic nitrogens is 3. The van der Waals surface area contributed by atoms with E-state index in [0.29, 0.717) is 86.0 Å². The number of hydrogen-bond acceptors (Lipinski definition) is 10. The fourth-order valence-electron chi connectivity index (χ4n) is 6.58. The molecule has 0 bridgehead atoms. The van der Waals surface area contributed by atoms with Crippen molar-refractivity contribution in [2.24, 2.45) is 5.92 Å². The van der Waals surface area contributed by atoms with Gasteiger partial charge < -0.3 is 39.3 Å². The summed E-state index contributed by atoms with van der Waals surface area (Å²) in [6, 6.07) is 15.1. The average molecular weight is 736 g/mol. The molecule has 0 radical (unpaired) electrons. The predicted octanol–water partition coefficient (Wildman–Crippen LogP) is 6.15. The van der Waals surface area contributed by atoms with Crippen LogP contribution in [0, 0.1) is 18.7 Å². The molecule has 2 aromatic carbocycles. The van der Waals surface area contributed by atoms with Gasteiger partial charge in [-0.15, -0.1) is 0 Å². The molecule has 2 fully saturated rings. The number of carbonyl (C=O) groups excluding carboxylic acids is 1. The number of anilines is 2. The predicted molar refractivity (Wildman–Crippen MR) is 202 cm³/mol. The molecule has 2 saturated heterocycles. The molecule has 1 amide bonds. The fourth-order valence-corrected chi connectivity index (χ4v) is 6.58. The SMILES string of the molecule is COc1cc(-c2cnc(N)c(-c3ccc(NC(=O)c4cn(CC5CCOCC5)cc(-c5ccc(C)cn5)c4=O)cc3F)c2)ccc1OC[C@@H]1COCCO1.